The number of alkyl carbamates (subject to hydrolysis) is 1. The summed E-state index contributed by atoms with van der Waals surface area (Å²) in [6, 6.07) is -3.09. The molecule has 42 heavy (non-hydrogen) atoms. The number of carbonyl (C=O) groups excluding carboxylic acids is 5. The van der Waals surface area contributed by atoms with Crippen molar-refractivity contribution >= 4 is 29.7 Å². The summed E-state index contributed by atoms with van der Waals surface area (Å²) in [5.74, 6) is -2.60. The van der Waals surface area contributed by atoms with Gasteiger partial charge in [0.2, 0.25) is 17.7 Å². The summed E-state index contributed by atoms with van der Waals surface area (Å²) >= 11 is 0. The van der Waals surface area contributed by atoms with Crippen molar-refractivity contribution in [2.24, 2.45) is 17.8 Å². The Morgan fingerprint density at radius 3 is 1.57 bits per heavy atom. The second-order valence-corrected chi connectivity index (χ2v) is 13.3. The lowest BCUT2D eigenvalue weighted by atomic mass is 9.99. The molecule has 12 heteroatoms. The van der Waals surface area contributed by atoms with Gasteiger partial charge in [-0.15, -0.1) is 0 Å². The highest BCUT2D eigenvalue weighted by Crippen LogP contribution is 2.11. The van der Waals surface area contributed by atoms with E-state index in [2.05, 4.69) is 26.6 Å². The quantitative estimate of drug-likeness (QED) is 0.193. The summed E-state index contributed by atoms with van der Waals surface area (Å²) in [6.07, 6.45) is -0.757. The Balaban J connectivity index is 5.67. The van der Waals surface area contributed by atoms with Crippen LogP contribution in [0.4, 0.5) is 4.79 Å². The molecule has 12 nitrogen and oxygen atoms in total. The predicted molar refractivity (Wildman–Crippen MR) is 164 cm³/mol. The zero-order chi connectivity index (χ0) is 33.1. The molecule has 4 atom stereocenters. The molecule has 0 rings (SSSR count). The van der Waals surface area contributed by atoms with Crippen molar-refractivity contribution in [3.8, 4) is 0 Å². The number of nitrogens with zero attached hydrogens (tertiary/aromatic N) is 1. The Kier molecular flexibility index (Phi) is 15.8. The van der Waals surface area contributed by atoms with Crippen LogP contribution in [0, 0.1) is 17.8 Å². The van der Waals surface area contributed by atoms with Gasteiger partial charge < -0.3 is 36.2 Å². The van der Waals surface area contributed by atoms with Crippen LogP contribution in [0.3, 0.4) is 0 Å². The lowest BCUT2D eigenvalue weighted by molar-refractivity contribution is -0.134. The molecular weight excluding hydrogens is 540 g/mol. The van der Waals surface area contributed by atoms with E-state index in [-0.39, 0.29) is 29.5 Å². The smallest absolute Gasteiger partial charge is 0.408 e. The first-order valence-corrected chi connectivity index (χ1v) is 14.6. The summed E-state index contributed by atoms with van der Waals surface area (Å²) in [6.45, 7) is 21.8. The maximum absolute atomic E-state index is 13.4. The van der Waals surface area contributed by atoms with Crippen molar-refractivity contribution in [1.82, 2.24) is 31.5 Å². The Labute approximate surface area is 252 Å². The van der Waals surface area contributed by atoms with Crippen LogP contribution in [0.25, 0.3) is 0 Å². The summed E-state index contributed by atoms with van der Waals surface area (Å²) in [5.41, 5.74) is 0.00228. The molecule has 5 N–H and O–H groups in total. The summed E-state index contributed by atoms with van der Waals surface area (Å²) in [4.78, 5) is 66.8. The molecule has 0 fully saturated rings. The van der Waals surface area contributed by atoms with Gasteiger partial charge in [0.25, 0.3) is 5.91 Å². The van der Waals surface area contributed by atoms with Crippen molar-refractivity contribution < 1.29 is 28.7 Å². The molecule has 0 spiro atoms. The fourth-order valence-corrected chi connectivity index (χ4v) is 3.81. The number of allylic oxidation sites excluding steroid dienone is 1. The van der Waals surface area contributed by atoms with E-state index in [1.165, 1.54) is 6.92 Å². The van der Waals surface area contributed by atoms with Crippen molar-refractivity contribution in [2.75, 3.05) is 20.6 Å². The third kappa shape index (κ3) is 14.2. The van der Waals surface area contributed by atoms with E-state index >= 15 is 0 Å². The van der Waals surface area contributed by atoms with Crippen LogP contribution < -0.4 is 26.6 Å². The van der Waals surface area contributed by atoms with Gasteiger partial charge in [-0.3, -0.25) is 19.2 Å². The van der Waals surface area contributed by atoms with Crippen molar-refractivity contribution in [1.29, 1.82) is 0 Å². The number of carbonyl (C=O) groups is 5. The largest absolute Gasteiger partial charge is 0.444 e. The lowest BCUT2D eigenvalue weighted by Gasteiger charge is -2.29. The number of likely N-dealkylation sites (N-methyl/N-ethyl adjacent to an activating group) is 1. The fourth-order valence-electron chi connectivity index (χ4n) is 3.81. The topological polar surface area (TPSA) is 158 Å². The average molecular weight is 597 g/mol. The highest BCUT2D eigenvalue weighted by atomic mass is 16.6. The summed E-state index contributed by atoms with van der Waals surface area (Å²) < 4.78 is 5.19. The second kappa shape index (κ2) is 17.1. The maximum Gasteiger partial charge on any atom is 0.408 e. The first-order chi connectivity index (χ1) is 19.1. The first-order valence-electron chi connectivity index (χ1n) is 14.6. The van der Waals surface area contributed by atoms with Gasteiger partial charge >= 0.3 is 6.09 Å². The van der Waals surface area contributed by atoms with Gasteiger partial charge in [0.15, 0.2) is 0 Å². The number of hydrogen-bond acceptors (Lipinski definition) is 7. The van der Waals surface area contributed by atoms with E-state index in [4.69, 9.17) is 4.74 Å². The van der Waals surface area contributed by atoms with Crippen LogP contribution in [0.15, 0.2) is 11.3 Å². The number of ether oxygens (including phenoxy) is 1. The van der Waals surface area contributed by atoms with Crippen molar-refractivity contribution in [2.45, 2.75) is 113 Å². The molecule has 0 aromatic carbocycles. The molecule has 0 aromatic rings. The molecule has 0 radical (unpaired) electrons. The van der Waals surface area contributed by atoms with Crippen LogP contribution in [-0.4, -0.2) is 85.0 Å². The highest BCUT2D eigenvalue weighted by Gasteiger charge is 2.33. The highest BCUT2D eigenvalue weighted by molar-refractivity contribution is 6.00. The average Bonchev–Trinajstić information content (AvgIpc) is 2.80. The molecular formula is C30H56N6O6. The van der Waals surface area contributed by atoms with E-state index in [9.17, 15) is 24.0 Å². The molecule has 0 unspecified atom stereocenters. The van der Waals surface area contributed by atoms with Crippen LogP contribution >= 0.6 is 0 Å². The Hall–Kier alpha value is -3.15. The number of amides is 5. The van der Waals surface area contributed by atoms with Gasteiger partial charge in [-0.25, -0.2) is 4.79 Å². The predicted octanol–water partition coefficient (Wildman–Crippen LogP) is 2.29. The zero-order valence-electron chi connectivity index (χ0n) is 28.1. The van der Waals surface area contributed by atoms with E-state index < -0.39 is 53.4 Å². The number of hydrogen-bond donors (Lipinski definition) is 5. The molecule has 242 valence electrons. The molecule has 0 aromatic heterocycles. The lowest BCUT2D eigenvalue weighted by Crippen LogP contribution is -2.59. The van der Waals surface area contributed by atoms with E-state index in [1.54, 1.807) is 62.3 Å². The van der Waals surface area contributed by atoms with Crippen LogP contribution in [0.5, 0.6) is 0 Å². The summed E-state index contributed by atoms with van der Waals surface area (Å²) in [7, 11) is 3.85. The van der Waals surface area contributed by atoms with Crippen LogP contribution in [0.2, 0.25) is 0 Å². The first kappa shape index (κ1) is 38.9. The fraction of sp³-hybridized carbons (Fsp3) is 0.767. The van der Waals surface area contributed by atoms with Gasteiger partial charge in [-0.05, 0) is 79.0 Å². The zero-order valence-corrected chi connectivity index (χ0v) is 28.1. The van der Waals surface area contributed by atoms with Gasteiger partial charge in [0.05, 0.1) is 0 Å². The van der Waals surface area contributed by atoms with Crippen molar-refractivity contribution in [3.05, 3.63) is 11.3 Å². The normalized spacial score (nSPS) is 14.5. The molecule has 0 aliphatic carbocycles. The Bertz CT molecular complexity index is 979. The Morgan fingerprint density at radius 1 is 0.690 bits per heavy atom. The standard InChI is InChI=1S/C30H56N6O6/c1-16(2)21(15-36(13)14)32-26(38)22(17(3)4)34-28(40)24(19(7)8)35-27(39)23(18(5)6)33-25(37)20(9)31-29(41)42-30(10,11)12/h16,18-21,23-24H,15H2,1-14H3,(H,31,41)(H,32,38)(H,33,37)(H,34,40)(H,35,39)/t20-,21-,23+,24-/m1/s1. The van der Waals surface area contributed by atoms with Gasteiger partial charge in [-0.1, -0.05) is 41.5 Å². The van der Waals surface area contributed by atoms with Crippen molar-refractivity contribution in [3.63, 3.8) is 0 Å². The number of nitrogens with one attached hydrogen (secondary N) is 5. The van der Waals surface area contributed by atoms with E-state index in [1.807, 2.05) is 32.8 Å². The molecule has 0 aliphatic heterocycles. The van der Waals surface area contributed by atoms with Gasteiger partial charge in [0, 0.05) is 12.6 Å². The third-order valence-corrected chi connectivity index (χ3v) is 6.28. The van der Waals surface area contributed by atoms with Gasteiger partial charge in [-0.2, -0.15) is 0 Å². The second-order valence-electron chi connectivity index (χ2n) is 13.3. The third-order valence-electron chi connectivity index (χ3n) is 6.28. The minimum absolute atomic E-state index is 0.125. The minimum atomic E-state index is -0.988. The Morgan fingerprint density at radius 2 is 1.17 bits per heavy atom. The molecule has 0 heterocycles. The molecule has 5 amide bonds. The van der Waals surface area contributed by atoms with Gasteiger partial charge in [0.1, 0.15) is 29.4 Å². The molecule has 0 aliphatic rings. The van der Waals surface area contributed by atoms with Crippen LogP contribution in [-0.2, 0) is 23.9 Å². The maximum atomic E-state index is 13.4. The SMILES string of the molecule is CC(C)=C(NC(=O)[C@H](NC(=O)[C@@H](NC(=O)[C@@H](C)NC(=O)OC(C)(C)C)C(C)C)C(C)C)C(=O)N[C@H](CN(C)C)C(C)C. The molecule has 0 bridgehead atoms. The van der Waals surface area contributed by atoms with E-state index in [0.717, 1.165) is 0 Å². The van der Waals surface area contributed by atoms with E-state index in [0.29, 0.717) is 12.1 Å². The number of rotatable bonds is 14. The summed E-state index contributed by atoms with van der Waals surface area (Å²) in [5, 5.41) is 13.6. The minimum Gasteiger partial charge on any atom is -0.444 e. The monoisotopic (exact) mass is 596 g/mol. The van der Waals surface area contributed by atoms with Crippen LogP contribution in [0.1, 0.15) is 83.1 Å². The molecule has 0 saturated heterocycles. The molecule has 0 saturated carbocycles.